The Hall–Kier alpha value is -3.94. The topological polar surface area (TPSA) is 253 Å². The number of aliphatic hydroxyl groups is 5. The molecule has 0 aromatic heterocycles. The summed E-state index contributed by atoms with van der Waals surface area (Å²) >= 11 is 0. The molecule has 72 heavy (non-hydrogen) atoms. The van der Waals surface area contributed by atoms with E-state index in [4.69, 9.17) is 23.7 Å². The van der Waals surface area contributed by atoms with Crippen LogP contribution in [0.3, 0.4) is 0 Å². The highest BCUT2D eigenvalue weighted by Gasteiger charge is 2.53. The van der Waals surface area contributed by atoms with Crippen LogP contribution in [0.2, 0.25) is 0 Å². The standard InChI is InChI=1S/C55H85NO16/c1-32-16-12-11-13-17-33(2)45(68-9)28-40-21-19-38(7)55(67,72-40)50(63)51(64)56-23-15-14-18-41(56)52(65)70-46(29-42(59)34(3)25-37(6)48(62)49(69-10)47(61)36(5)24-32)35(4)26-39-20-22-44(43(60)27-39)71-53(66)54(8,30-57)31-58/h11-13,16-17,25,32,34-36,38-41,43-46,48-49,57-58,60,62,67H,14-15,18-24,26-31H2,1-10H3/b13-11+,16-12+,33-17+,37-25+/t32-,34-,35-,36-,38-,39+,40+,41+,43?,44-,45+,46+,48-,49+,55-/m1/s1. The van der Waals surface area contributed by atoms with Crippen molar-refractivity contribution >= 4 is 35.2 Å². The zero-order valence-electron chi connectivity index (χ0n) is 44.3. The van der Waals surface area contributed by atoms with Gasteiger partial charge in [0.05, 0.1) is 31.5 Å². The Labute approximate surface area is 426 Å². The monoisotopic (exact) mass is 1020 g/mol. The first-order valence-electron chi connectivity index (χ1n) is 26.0. The summed E-state index contributed by atoms with van der Waals surface area (Å²) in [6.45, 7) is 12.5. The number of hydrogen-bond acceptors (Lipinski definition) is 16. The van der Waals surface area contributed by atoms with Crippen molar-refractivity contribution in [2.45, 2.75) is 187 Å². The molecule has 3 fully saturated rings. The number of aliphatic hydroxyl groups excluding tert-OH is 4. The lowest BCUT2D eigenvalue weighted by molar-refractivity contribution is -0.265. The summed E-state index contributed by atoms with van der Waals surface area (Å²) in [5.74, 6) is -9.79. The number of fused-ring (bicyclic) bond motifs is 3. The van der Waals surface area contributed by atoms with Crippen molar-refractivity contribution < 1.29 is 78.0 Å². The van der Waals surface area contributed by atoms with E-state index < -0.39 is 120 Å². The zero-order chi connectivity index (χ0) is 53.7. The summed E-state index contributed by atoms with van der Waals surface area (Å²) < 4.78 is 29.3. The number of methoxy groups -OCH3 is 2. The van der Waals surface area contributed by atoms with Crippen LogP contribution in [0.4, 0.5) is 0 Å². The van der Waals surface area contributed by atoms with Crippen molar-refractivity contribution in [3.63, 3.8) is 0 Å². The molecule has 4 rings (SSSR count). The number of carbonyl (C=O) groups excluding carboxylic acids is 6. The van der Waals surface area contributed by atoms with Crippen molar-refractivity contribution in [3.8, 4) is 0 Å². The molecule has 5 N–H and O–H groups in total. The van der Waals surface area contributed by atoms with Gasteiger partial charge in [-0.2, -0.15) is 0 Å². The van der Waals surface area contributed by atoms with Crippen molar-refractivity contribution in [3.05, 3.63) is 47.6 Å². The first-order valence-corrected chi connectivity index (χ1v) is 26.0. The molecule has 1 amide bonds. The maximum atomic E-state index is 14.5. The number of rotatable bonds is 9. The molecule has 17 heteroatoms. The van der Waals surface area contributed by atoms with Gasteiger partial charge in [0, 0.05) is 51.4 Å². The van der Waals surface area contributed by atoms with Crippen LogP contribution in [0, 0.1) is 40.9 Å². The molecule has 15 atom stereocenters. The number of nitrogens with zero attached hydrogens (tertiary/aromatic N) is 1. The number of amides is 1. The number of allylic oxidation sites excluding steroid dienone is 6. The molecule has 1 unspecified atom stereocenters. The van der Waals surface area contributed by atoms with Gasteiger partial charge >= 0.3 is 11.9 Å². The summed E-state index contributed by atoms with van der Waals surface area (Å²) in [7, 11) is 2.91. The minimum absolute atomic E-state index is 0.0128. The maximum absolute atomic E-state index is 14.5. The number of ketones is 3. The van der Waals surface area contributed by atoms with Crippen molar-refractivity contribution in [2.24, 2.45) is 40.9 Å². The highest BCUT2D eigenvalue weighted by molar-refractivity contribution is 6.39. The number of esters is 2. The van der Waals surface area contributed by atoms with Crippen molar-refractivity contribution in [1.82, 2.24) is 4.90 Å². The Bertz CT molecular complexity index is 1990. The third-order valence-electron chi connectivity index (χ3n) is 15.6. The van der Waals surface area contributed by atoms with Gasteiger partial charge in [-0.25, -0.2) is 4.79 Å². The number of cyclic esters (lactones) is 1. The average Bonchev–Trinajstić information content (AvgIpc) is 3.35. The van der Waals surface area contributed by atoms with E-state index in [-0.39, 0.29) is 62.1 Å². The molecule has 3 aliphatic heterocycles. The van der Waals surface area contributed by atoms with Gasteiger partial charge in [0.2, 0.25) is 5.79 Å². The second-order valence-electron chi connectivity index (χ2n) is 21.6. The molecule has 17 nitrogen and oxygen atoms in total. The van der Waals surface area contributed by atoms with E-state index in [1.165, 1.54) is 14.0 Å². The molecular weight excluding hydrogens is 931 g/mol. The van der Waals surface area contributed by atoms with Crippen LogP contribution in [0.15, 0.2) is 47.6 Å². The van der Waals surface area contributed by atoms with Crippen LogP contribution in [0.1, 0.15) is 132 Å². The van der Waals surface area contributed by atoms with Crippen molar-refractivity contribution in [2.75, 3.05) is 34.0 Å². The van der Waals surface area contributed by atoms with Crippen LogP contribution in [-0.4, -0.2) is 154 Å². The van der Waals surface area contributed by atoms with Gasteiger partial charge in [0.15, 0.2) is 5.78 Å². The highest BCUT2D eigenvalue weighted by Crippen LogP contribution is 2.38. The van der Waals surface area contributed by atoms with E-state index in [0.29, 0.717) is 50.5 Å². The summed E-state index contributed by atoms with van der Waals surface area (Å²) in [6.07, 6.45) is 8.19. The molecular formula is C55H85NO16. The fraction of sp³-hybridized carbons (Fsp3) is 0.745. The van der Waals surface area contributed by atoms with Crippen LogP contribution in [0.5, 0.6) is 0 Å². The molecule has 4 aliphatic rings. The van der Waals surface area contributed by atoms with Gasteiger partial charge in [-0.15, -0.1) is 0 Å². The van der Waals surface area contributed by atoms with Gasteiger partial charge in [-0.05, 0) is 114 Å². The fourth-order valence-corrected chi connectivity index (χ4v) is 10.5. The van der Waals surface area contributed by atoms with E-state index in [2.05, 4.69) is 0 Å². The van der Waals surface area contributed by atoms with E-state index in [0.717, 1.165) is 10.5 Å². The first kappa shape index (κ1) is 60.6. The Balaban J connectivity index is 1.68. The molecule has 0 spiro atoms. The molecule has 2 saturated heterocycles. The van der Waals surface area contributed by atoms with E-state index >= 15 is 0 Å². The quantitative estimate of drug-likeness (QED) is 0.115. The van der Waals surface area contributed by atoms with E-state index in [9.17, 15) is 54.3 Å². The predicted octanol–water partition coefficient (Wildman–Crippen LogP) is 5.07. The maximum Gasteiger partial charge on any atom is 0.329 e. The van der Waals surface area contributed by atoms with Crippen LogP contribution >= 0.6 is 0 Å². The number of piperidine rings is 1. The molecule has 3 heterocycles. The molecule has 1 aliphatic carbocycles. The summed E-state index contributed by atoms with van der Waals surface area (Å²) in [5.41, 5.74) is -0.353. The third kappa shape index (κ3) is 15.6. The fourth-order valence-electron chi connectivity index (χ4n) is 10.5. The van der Waals surface area contributed by atoms with Gasteiger partial charge in [0.1, 0.15) is 41.7 Å². The van der Waals surface area contributed by atoms with Gasteiger partial charge in [-0.3, -0.25) is 24.0 Å². The minimum Gasteiger partial charge on any atom is -0.460 e. The molecule has 2 bridgehead atoms. The van der Waals surface area contributed by atoms with Gasteiger partial charge < -0.3 is 54.1 Å². The van der Waals surface area contributed by atoms with Gasteiger partial charge in [-0.1, -0.05) is 71.1 Å². The average molecular weight is 1020 g/mol. The molecule has 0 aromatic rings. The highest BCUT2D eigenvalue weighted by atomic mass is 16.6. The second-order valence-corrected chi connectivity index (χ2v) is 21.6. The molecule has 1 saturated carbocycles. The van der Waals surface area contributed by atoms with Crippen molar-refractivity contribution in [1.29, 1.82) is 0 Å². The van der Waals surface area contributed by atoms with Crippen LogP contribution in [0.25, 0.3) is 0 Å². The largest absolute Gasteiger partial charge is 0.460 e. The lowest BCUT2D eigenvalue weighted by atomic mass is 9.78. The van der Waals surface area contributed by atoms with E-state index in [1.54, 1.807) is 40.9 Å². The Morgan fingerprint density at radius 2 is 1.58 bits per heavy atom. The minimum atomic E-state index is -2.48. The second kappa shape index (κ2) is 27.6. The normalized spacial score (nSPS) is 37.8. The summed E-state index contributed by atoms with van der Waals surface area (Å²) in [4.78, 5) is 85.0. The number of hydrogen-bond donors (Lipinski definition) is 5. The Morgan fingerprint density at radius 1 is 0.889 bits per heavy atom. The summed E-state index contributed by atoms with van der Waals surface area (Å²) in [5, 5.41) is 54.0. The molecule has 406 valence electrons. The SMILES string of the molecule is CO[C@H]1C[C@@H]2CC[C@@H](C)[C@@](O)(O2)C(=O)C(=O)N2CCCC[C@H]2C(=O)O[C@H]([C@H](C)C[C@@H]2CC[C@@H](OC(=O)C(C)(CO)CO)C(O)C2)CC(=O)[C@H](C)/C=C(\C)[C@@H](O)[C@@H](OC)C(=O)[C@H](C)C[C@H](C)/C=C/C=C/C=C/1C. The number of Topliss-reactive ketones (excluding diaryl/α,β-unsaturated/α-hetero) is 3. The van der Waals surface area contributed by atoms with Crippen LogP contribution in [-0.2, 0) is 52.5 Å². The summed E-state index contributed by atoms with van der Waals surface area (Å²) in [6, 6.07) is -1.22. The number of ether oxygens (including phenoxy) is 5. The Morgan fingerprint density at radius 3 is 2.22 bits per heavy atom. The van der Waals surface area contributed by atoms with E-state index in [1.807, 2.05) is 51.2 Å². The zero-order valence-corrected chi connectivity index (χ0v) is 44.3. The smallest absolute Gasteiger partial charge is 0.329 e. The number of carbonyl (C=O) groups is 6. The first-order chi connectivity index (χ1) is 33.9. The third-order valence-corrected chi connectivity index (χ3v) is 15.6. The Kier molecular flexibility index (Phi) is 23.2. The molecule has 0 aromatic carbocycles. The lowest BCUT2D eigenvalue weighted by Gasteiger charge is -2.42. The lowest BCUT2D eigenvalue weighted by Crippen LogP contribution is -2.61. The van der Waals surface area contributed by atoms with Crippen LogP contribution < -0.4 is 0 Å². The predicted molar refractivity (Wildman–Crippen MR) is 266 cm³/mol. The molecule has 0 radical (unpaired) electrons. The van der Waals surface area contributed by atoms with Gasteiger partial charge in [0.25, 0.3) is 11.7 Å².